The van der Waals surface area contributed by atoms with E-state index >= 15 is 43.2 Å². The summed E-state index contributed by atoms with van der Waals surface area (Å²) >= 11 is 0. The molecule has 0 saturated carbocycles. The third-order valence-corrected chi connectivity index (χ3v) is 26.4. The first-order valence-electron chi connectivity index (χ1n) is 44.1. The summed E-state index contributed by atoms with van der Waals surface area (Å²) in [6.45, 7) is 16.5. The van der Waals surface area contributed by atoms with E-state index in [0.29, 0.717) is 43.2 Å². The molecule has 127 heavy (non-hydrogen) atoms. The SMILES string of the molecule is CC[C@H](C)[C@@H]1NC(=O)[C@H](CCC(N)=O)NC(=O)[C@H](C(C)C)NC(=O)CNC(=O)[C@H]2CCCN2C(=O)[C@H](C(C)C)NC(=O)[C@H](C)NC(=O)[C@H](Cc2ccccc2)NC(=O)[C@@H]2CSSC[C@H](NC1=O)C(=O)N[C@@H](Cc1ccc(O)cc1)C(=O)N[C@@H](CCCCN)C(=O)N[C@@H](CO)C(=O)N[C@@H]([C@@H](C)CC)C(=O)N1CCC[C@H]1C(=O)N1CCC[C@H]1C(=O)N[C@@H]([C@@H](C)CC)C(=O)N2. The molecule has 5 fully saturated rings. The molecule has 2 bridgehead atoms. The molecule has 702 valence electrons. The number of nitrogens with two attached hydrogens (primary N) is 2. The van der Waals surface area contributed by atoms with Crippen molar-refractivity contribution in [2.24, 2.45) is 41.1 Å². The van der Waals surface area contributed by atoms with Gasteiger partial charge in [0.05, 0.1) is 13.2 Å². The fourth-order valence-electron chi connectivity index (χ4n) is 15.6. The highest BCUT2D eigenvalue weighted by atomic mass is 33.1. The Bertz CT molecular complexity index is 4210. The molecule has 5 aliphatic heterocycles. The van der Waals surface area contributed by atoms with Gasteiger partial charge in [-0.05, 0) is 131 Å². The second kappa shape index (κ2) is 50.2. The first kappa shape index (κ1) is 103. The van der Waals surface area contributed by atoms with Gasteiger partial charge in [-0.3, -0.25) is 86.3 Å². The highest BCUT2D eigenvalue weighted by molar-refractivity contribution is 8.76. The maximum Gasteiger partial charge on any atom is 0.246 e. The minimum atomic E-state index is -1.80. The molecule has 19 atom stereocenters. The predicted molar refractivity (Wildman–Crippen MR) is 471 cm³/mol. The highest BCUT2D eigenvalue weighted by Crippen LogP contribution is 2.30. The number of amides is 18. The van der Waals surface area contributed by atoms with E-state index in [9.17, 15) is 53.4 Å². The normalized spacial score (nSPS) is 28.3. The van der Waals surface area contributed by atoms with Crippen LogP contribution in [-0.4, -0.2) is 279 Å². The van der Waals surface area contributed by atoms with Crippen LogP contribution in [0.5, 0.6) is 5.75 Å². The van der Waals surface area contributed by atoms with Gasteiger partial charge < -0.3 is 111 Å². The Balaban J connectivity index is 1.40. The molecule has 5 heterocycles. The Morgan fingerprint density at radius 3 is 1.35 bits per heavy atom. The van der Waals surface area contributed by atoms with E-state index in [0.717, 1.165) is 21.6 Å². The summed E-state index contributed by atoms with van der Waals surface area (Å²) in [5, 5.41) is 58.9. The number of rotatable bonds is 20. The molecule has 2 aromatic carbocycles. The van der Waals surface area contributed by atoms with Crippen molar-refractivity contribution in [1.29, 1.82) is 0 Å². The second-order valence-electron chi connectivity index (χ2n) is 34.2. The minimum absolute atomic E-state index is 0.0610. The number of nitrogens with zero attached hydrogens (tertiary/aromatic N) is 3. The fourth-order valence-corrected chi connectivity index (χ4v) is 17.9. The van der Waals surface area contributed by atoms with E-state index in [1.54, 1.807) is 99.6 Å². The van der Waals surface area contributed by atoms with E-state index < -0.39 is 277 Å². The van der Waals surface area contributed by atoms with Crippen LogP contribution in [0, 0.1) is 29.6 Å². The Morgan fingerprint density at radius 1 is 0.425 bits per heavy atom. The number of phenolic OH excluding ortho intramolecular Hbond substituents is 1. The topological polar surface area (TPSA) is 578 Å². The summed E-state index contributed by atoms with van der Waals surface area (Å²) in [5.74, 6) is -20.8. The first-order chi connectivity index (χ1) is 60.3. The Kier molecular flexibility index (Phi) is 40.8. The van der Waals surface area contributed by atoms with Crippen molar-refractivity contribution in [3.05, 3.63) is 65.7 Å². The number of benzene rings is 2. The first-order valence-corrected chi connectivity index (χ1v) is 46.6. The van der Waals surface area contributed by atoms with Crippen LogP contribution in [0.1, 0.15) is 177 Å². The number of nitrogens with one attached hydrogen (secondary N) is 14. The number of aromatic hydroxyl groups is 1. The molecule has 0 aliphatic carbocycles. The van der Waals surface area contributed by atoms with Crippen LogP contribution in [-0.2, 0) is 99.1 Å². The third-order valence-electron chi connectivity index (χ3n) is 24.0. The fraction of sp³-hybridized carbons (Fsp3) is 0.651. The lowest BCUT2D eigenvalue weighted by atomic mass is 9.96. The van der Waals surface area contributed by atoms with E-state index in [4.69, 9.17) is 11.5 Å². The number of aliphatic hydroxyl groups is 1. The molecule has 20 N–H and O–H groups in total. The van der Waals surface area contributed by atoms with Gasteiger partial charge >= 0.3 is 0 Å². The van der Waals surface area contributed by atoms with Crippen molar-refractivity contribution >= 4 is 128 Å². The number of carbonyl (C=O) groups excluding carboxylic acids is 18. The lowest BCUT2D eigenvalue weighted by Crippen LogP contribution is -2.62. The molecule has 39 nitrogen and oxygen atoms in total. The van der Waals surface area contributed by atoms with Gasteiger partial charge in [-0.15, -0.1) is 0 Å². The lowest BCUT2D eigenvalue weighted by molar-refractivity contribution is -0.149. The zero-order valence-corrected chi connectivity index (χ0v) is 76.0. The number of unbranched alkanes of at least 4 members (excludes halogenated alkanes) is 1. The van der Waals surface area contributed by atoms with Crippen LogP contribution in [0.15, 0.2) is 54.6 Å². The van der Waals surface area contributed by atoms with Gasteiger partial charge in [-0.1, -0.05) is 153 Å². The van der Waals surface area contributed by atoms with Crippen LogP contribution in [0.3, 0.4) is 0 Å². The van der Waals surface area contributed by atoms with Gasteiger partial charge in [0.15, 0.2) is 0 Å². The number of hydrogen-bond donors (Lipinski definition) is 18. The molecule has 0 unspecified atom stereocenters. The van der Waals surface area contributed by atoms with Crippen molar-refractivity contribution in [3.8, 4) is 5.75 Å². The second-order valence-corrected chi connectivity index (χ2v) is 36.7. The molecule has 5 saturated heterocycles. The highest BCUT2D eigenvalue weighted by Gasteiger charge is 2.48. The zero-order valence-electron chi connectivity index (χ0n) is 74.3. The number of phenols is 1. The molecule has 2 aromatic rings. The number of primary amides is 1. The molecule has 0 radical (unpaired) electrons. The van der Waals surface area contributed by atoms with Crippen LogP contribution >= 0.6 is 21.6 Å². The molecule has 0 aromatic heterocycles. The van der Waals surface area contributed by atoms with Crippen molar-refractivity contribution in [2.75, 3.05) is 50.8 Å². The molecular weight excluding hydrogens is 1680 g/mol. The average Bonchev–Trinajstić information content (AvgIpc) is 1.66. The van der Waals surface area contributed by atoms with Crippen LogP contribution < -0.4 is 85.9 Å². The molecule has 5 aliphatic rings. The molecular formula is C86H131N19O20S2. The lowest BCUT2D eigenvalue weighted by Gasteiger charge is -2.35. The largest absolute Gasteiger partial charge is 0.508 e. The summed E-state index contributed by atoms with van der Waals surface area (Å²) < 4.78 is 0. The van der Waals surface area contributed by atoms with Gasteiger partial charge in [-0.25, -0.2) is 0 Å². The van der Waals surface area contributed by atoms with Crippen LogP contribution in [0.2, 0.25) is 0 Å². The van der Waals surface area contributed by atoms with E-state index in [1.807, 2.05) is 0 Å². The maximum atomic E-state index is 15.7. The smallest absolute Gasteiger partial charge is 0.246 e. The minimum Gasteiger partial charge on any atom is -0.508 e. The number of aliphatic hydroxyl groups excluding tert-OH is 1. The maximum absolute atomic E-state index is 15.7. The Labute approximate surface area is 748 Å². The molecule has 0 spiro atoms. The van der Waals surface area contributed by atoms with Crippen molar-refractivity contribution in [1.82, 2.24) is 89.1 Å². The van der Waals surface area contributed by atoms with Crippen LogP contribution in [0.4, 0.5) is 0 Å². The summed E-state index contributed by atoms with van der Waals surface area (Å²) in [6, 6.07) is -9.92. The molecule has 18 amide bonds. The summed E-state index contributed by atoms with van der Waals surface area (Å²) in [7, 11) is 1.68. The monoisotopic (exact) mass is 1810 g/mol. The predicted octanol–water partition coefficient (Wildman–Crippen LogP) is -2.17. The standard InChI is InChI=1S/C86H131N19O20S2/c1-12-47(8)68-82(121)96-60-44-127-126-43-59(77(116)93-56(39-51-23-16-15-17-24-51)74(113)90-50(11)71(110)99-67(46(6)7)85(124)104-37-20-26-61(104)79(118)89-41-65(109)98-66(45(4)5)81(120)92-55(73(112)100-68)33-34-64(88)108)97-83(122)69(48(9)13-2)101-80(119)62-27-21-36-103(62)84(123)63-28-22-38-105(63)86(125)70(49(10)14-3)102-76(115)58(42-106)95-72(111)54(25-18-19-35-87)91-75(114)57(94-78(60)117)40-52-29-31-53(107)32-30-52/h15-17,23-24,29-32,45-50,54-63,66-70,106-107H,12-14,18-22,25-28,33-44,87H2,1-11H3,(H2,88,108)(H,89,118)(H,90,113)(H,91,114)(H,92,120)(H,93,116)(H,94,117)(H,95,111)(H,96,121)(H,97,122)(H,98,109)(H,99,110)(H,100,112)(H,101,119)(H,102,115)/t47-,48-,49-,50-,54-,55-,56-,57-,58-,59-,60-,61+,62-,63-,66-,67-,68-,69-,70-/m0/s1. The van der Waals surface area contributed by atoms with Gasteiger partial charge in [-0.2, -0.15) is 0 Å². The number of hydrogen-bond acceptors (Lipinski definition) is 23. The van der Waals surface area contributed by atoms with Crippen molar-refractivity contribution in [2.45, 2.75) is 276 Å². The zero-order chi connectivity index (χ0) is 93.6. The number of fused-ring (bicyclic) bond motifs is 8. The van der Waals surface area contributed by atoms with E-state index in [1.165, 1.54) is 45.9 Å². The van der Waals surface area contributed by atoms with Crippen LogP contribution in [0.25, 0.3) is 0 Å². The van der Waals surface area contributed by atoms with E-state index in [-0.39, 0.29) is 83.3 Å². The summed E-state index contributed by atoms with van der Waals surface area (Å²) in [4.78, 5) is 270. The van der Waals surface area contributed by atoms with Gasteiger partial charge in [0, 0.05) is 50.4 Å². The average molecular weight is 1820 g/mol. The third kappa shape index (κ3) is 29.7. The van der Waals surface area contributed by atoms with Gasteiger partial charge in [0.25, 0.3) is 0 Å². The number of carbonyl (C=O) groups is 18. The van der Waals surface area contributed by atoms with Gasteiger partial charge in [0.2, 0.25) is 106 Å². The Morgan fingerprint density at radius 2 is 0.835 bits per heavy atom. The molecule has 7 rings (SSSR count). The summed E-state index contributed by atoms with van der Waals surface area (Å²) in [5.41, 5.74) is 12.4. The van der Waals surface area contributed by atoms with E-state index in [2.05, 4.69) is 74.4 Å². The Hall–Kier alpha value is -10.7. The van der Waals surface area contributed by atoms with Crippen molar-refractivity contribution < 1.29 is 96.5 Å². The van der Waals surface area contributed by atoms with Gasteiger partial charge in [0.1, 0.15) is 102 Å². The quantitative estimate of drug-likeness (QED) is 0.0496. The summed E-state index contributed by atoms with van der Waals surface area (Å²) in [6.07, 6.45) is 0.897. The van der Waals surface area contributed by atoms with Crippen molar-refractivity contribution in [3.63, 3.8) is 0 Å². The molecule has 41 heteroatoms.